The third-order valence-electron chi connectivity index (χ3n) is 5.98. The molecule has 0 aliphatic heterocycles. The van der Waals surface area contributed by atoms with Crippen LogP contribution in [0.1, 0.15) is 43.6 Å². The van der Waals surface area contributed by atoms with E-state index in [9.17, 15) is 26.3 Å². The van der Waals surface area contributed by atoms with Gasteiger partial charge >= 0.3 is 12.3 Å². The second-order valence-corrected chi connectivity index (χ2v) is 8.21. The fraction of sp³-hybridized carbons (Fsp3) is 0.500. The second kappa shape index (κ2) is 10.1. The molecule has 0 saturated heterocycles. The molecule has 176 valence electrons. The molecule has 1 aliphatic carbocycles. The molecule has 0 amide bonds. The minimum absolute atomic E-state index is 0.503. The smallest absolute Gasteiger partial charge is 0.430 e. The molecule has 0 aromatic heterocycles. The van der Waals surface area contributed by atoms with Crippen molar-refractivity contribution in [2.45, 2.75) is 56.5 Å². The first kappa shape index (κ1) is 24.4. The van der Waals surface area contributed by atoms with Crippen LogP contribution in [0, 0.1) is 5.92 Å². The van der Waals surface area contributed by atoms with Gasteiger partial charge in [0, 0.05) is 13.7 Å². The average molecular weight is 460 g/mol. The number of ether oxygens (including phenoxy) is 2. The number of hydrogen-bond donors (Lipinski definition) is 0. The third kappa shape index (κ3) is 6.18. The predicted octanol–water partition coefficient (Wildman–Crippen LogP) is 7.54. The normalized spacial score (nSPS) is 20.7. The topological polar surface area (TPSA) is 18.5 Å². The minimum atomic E-state index is -5.71. The monoisotopic (exact) mass is 460 g/mol. The Bertz CT molecular complexity index is 840. The first-order valence-electron chi connectivity index (χ1n) is 10.6. The number of rotatable bonds is 8. The Hall–Kier alpha value is -2.22. The van der Waals surface area contributed by atoms with Crippen molar-refractivity contribution in [2.75, 3.05) is 13.7 Å². The molecular formula is C24H26F6O2. The highest BCUT2D eigenvalue weighted by atomic mass is 19.4. The van der Waals surface area contributed by atoms with E-state index in [-0.39, 0.29) is 0 Å². The van der Waals surface area contributed by atoms with E-state index in [4.69, 9.17) is 4.74 Å². The molecule has 1 unspecified atom stereocenters. The molecule has 0 spiro atoms. The van der Waals surface area contributed by atoms with Crippen LogP contribution < -0.4 is 4.74 Å². The second-order valence-electron chi connectivity index (χ2n) is 8.21. The zero-order valence-corrected chi connectivity index (χ0v) is 17.7. The average Bonchev–Trinajstić information content (AvgIpc) is 2.77. The lowest BCUT2D eigenvalue weighted by atomic mass is 9.77. The summed E-state index contributed by atoms with van der Waals surface area (Å²) in [7, 11) is 1.72. The van der Waals surface area contributed by atoms with Gasteiger partial charge in [0.15, 0.2) is 0 Å². The summed E-state index contributed by atoms with van der Waals surface area (Å²) in [4.78, 5) is 0. The largest absolute Gasteiger partial charge is 0.439 e. The fourth-order valence-electron chi connectivity index (χ4n) is 4.13. The molecule has 0 bridgehead atoms. The summed E-state index contributed by atoms with van der Waals surface area (Å²) in [5, 5.41) is 0. The van der Waals surface area contributed by atoms with Crippen LogP contribution in [-0.4, -0.2) is 32.2 Å². The lowest BCUT2D eigenvalue weighted by Gasteiger charge is -2.28. The van der Waals surface area contributed by atoms with Gasteiger partial charge in [-0.3, -0.25) is 0 Å². The van der Waals surface area contributed by atoms with Crippen molar-refractivity contribution in [1.29, 1.82) is 0 Å². The predicted molar refractivity (Wildman–Crippen MR) is 110 cm³/mol. The Balaban J connectivity index is 1.60. The minimum Gasteiger partial charge on any atom is -0.430 e. The van der Waals surface area contributed by atoms with Crippen LogP contribution in [-0.2, 0) is 4.74 Å². The zero-order valence-electron chi connectivity index (χ0n) is 17.7. The van der Waals surface area contributed by atoms with Crippen LogP contribution in [0.3, 0.4) is 0 Å². The summed E-state index contributed by atoms with van der Waals surface area (Å²) in [6, 6.07) is 13.0. The third-order valence-corrected chi connectivity index (χ3v) is 5.98. The zero-order chi connectivity index (χ0) is 23.4. The first-order chi connectivity index (χ1) is 15.1. The van der Waals surface area contributed by atoms with Crippen molar-refractivity contribution in [2.24, 2.45) is 5.92 Å². The summed E-state index contributed by atoms with van der Waals surface area (Å²) >= 11 is 0. The number of hydrogen-bond acceptors (Lipinski definition) is 2. The molecule has 0 heterocycles. The van der Waals surface area contributed by atoms with Crippen LogP contribution in [0.2, 0.25) is 0 Å². The molecule has 1 atom stereocenters. The van der Waals surface area contributed by atoms with Crippen LogP contribution in [0.25, 0.3) is 11.1 Å². The van der Waals surface area contributed by atoms with Gasteiger partial charge in [-0.05, 0) is 72.8 Å². The molecule has 1 fully saturated rings. The summed E-state index contributed by atoms with van der Waals surface area (Å²) < 4.78 is 85.6. The first-order valence-corrected chi connectivity index (χ1v) is 10.6. The van der Waals surface area contributed by atoms with E-state index in [1.807, 2.05) is 24.3 Å². The fourth-order valence-corrected chi connectivity index (χ4v) is 4.13. The van der Waals surface area contributed by atoms with Crippen LogP contribution in [0.4, 0.5) is 26.3 Å². The van der Waals surface area contributed by atoms with E-state index in [1.54, 1.807) is 7.11 Å². The Morgan fingerprint density at radius 1 is 0.844 bits per heavy atom. The Morgan fingerprint density at radius 3 is 1.88 bits per heavy atom. The number of alkyl halides is 6. The van der Waals surface area contributed by atoms with Gasteiger partial charge in [0.25, 0.3) is 6.17 Å². The maximum absolute atomic E-state index is 13.4. The maximum atomic E-state index is 13.4. The summed E-state index contributed by atoms with van der Waals surface area (Å²) in [6.45, 7) is 0.794. The Morgan fingerprint density at radius 2 is 1.38 bits per heavy atom. The van der Waals surface area contributed by atoms with Gasteiger partial charge in [0.05, 0.1) is 0 Å². The van der Waals surface area contributed by atoms with E-state index in [1.165, 1.54) is 30.5 Å². The molecule has 0 radical (unpaired) electrons. The van der Waals surface area contributed by atoms with Crippen LogP contribution >= 0.6 is 0 Å². The molecule has 2 aromatic rings. The molecule has 2 aromatic carbocycles. The lowest BCUT2D eigenvalue weighted by Crippen LogP contribution is -2.45. The van der Waals surface area contributed by atoms with Gasteiger partial charge in [-0.15, -0.1) is 0 Å². The van der Waals surface area contributed by atoms with E-state index in [0.717, 1.165) is 43.6 Å². The van der Waals surface area contributed by atoms with Crippen LogP contribution in [0.5, 0.6) is 5.75 Å². The molecule has 32 heavy (non-hydrogen) atoms. The van der Waals surface area contributed by atoms with Gasteiger partial charge in [0.1, 0.15) is 5.75 Å². The van der Waals surface area contributed by atoms with Gasteiger partial charge in [-0.2, -0.15) is 22.0 Å². The lowest BCUT2D eigenvalue weighted by molar-refractivity contribution is -0.304. The molecular weight excluding hydrogens is 434 g/mol. The van der Waals surface area contributed by atoms with Crippen molar-refractivity contribution < 1.29 is 35.8 Å². The van der Waals surface area contributed by atoms with E-state index < -0.39 is 24.2 Å². The standard InChI is InChI=1S/C24H26F6O2/c1-31-15-14-16-2-4-17(5-3-16)18-6-8-19(9-7-18)20-10-12-21(13-11-20)32-24(29,30)22(25)23(26,27)28/h6-13,16-17,22H,2-5,14-15H2,1H3. The van der Waals surface area contributed by atoms with Gasteiger partial charge < -0.3 is 9.47 Å². The molecule has 8 heteroatoms. The van der Waals surface area contributed by atoms with Gasteiger partial charge in [-0.1, -0.05) is 36.4 Å². The number of methoxy groups -OCH3 is 1. The van der Waals surface area contributed by atoms with Crippen molar-refractivity contribution in [1.82, 2.24) is 0 Å². The molecule has 0 N–H and O–H groups in total. The van der Waals surface area contributed by atoms with Gasteiger partial charge in [-0.25, -0.2) is 4.39 Å². The van der Waals surface area contributed by atoms with E-state index in [0.29, 0.717) is 17.4 Å². The molecule has 2 nitrogen and oxygen atoms in total. The summed E-state index contributed by atoms with van der Waals surface area (Å²) in [6.07, 6.45) is -9.43. The Labute approximate surface area is 183 Å². The quantitative estimate of drug-likeness (QED) is 0.379. The van der Waals surface area contributed by atoms with Crippen molar-refractivity contribution in [3.05, 3.63) is 54.1 Å². The van der Waals surface area contributed by atoms with Crippen molar-refractivity contribution in [3.8, 4) is 16.9 Å². The van der Waals surface area contributed by atoms with E-state index >= 15 is 0 Å². The summed E-state index contributed by atoms with van der Waals surface area (Å²) in [5.41, 5.74) is 2.77. The Kier molecular flexibility index (Phi) is 7.75. The molecule has 1 aliphatic rings. The van der Waals surface area contributed by atoms with Crippen molar-refractivity contribution >= 4 is 0 Å². The highest BCUT2D eigenvalue weighted by molar-refractivity contribution is 5.64. The van der Waals surface area contributed by atoms with Gasteiger partial charge in [0.2, 0.25) is 0 Å². The van der Waals surface area contributed by atoms with Crippen molar-refractivity contribution in [3.63, 3.8) is 0 Å². The number of halogens is 6. The maximum Gasteiger partial charge on any atom is 0.439 e. The van der Waals surface area contributed by atoms with Crippen LogP contribution in [0.15, 0.2) is 48.5 Å². The van der Waals surface area contributed by atoms with E-state index in [2.05, 4.69) is 4.74 Å². The molecule has 1 saturated carbocycles. The SMILES string of the molecule is COCCC1CCC(c2ccc(-c3ccc(OC(F)(F)C(F)C(F)(F)F)cc3)cc2)CC1. The highest BCUT2D eigenvalue weighted by Crippen LogP contribution is 2.39. The highest BCUT2D eigenvalue weighted by Gasteiger charge is 2.59. The number of benzene rings is 2. The summed E-state index contributed by atoms with van der Waals surface area (Å²) in [5.74, 6) is 0.665. The molecule has 3 rings (SSSR count).